The maximum absolute atomic E-state index is 11.6. The lowest BCUT2D eigenvalue weighted by atomic mass is 9.98. The van der Waals surface area contributed by atoms with Crippen molar-refractivity contribution in [1.29, 1.82) is 0 Å². The largest absolute Gasteiger partial charge is 0.464 e. The molecule has 0 amide bonds. The maximum atomic E-state index is 11.6. The number of nitrogens with zero attached hydrogens (tertiary/aromatic N) is 2. The van der Waals surface area contributed by atoms with Crippen LogP contribution in [0.4, 0.5) is 0 Å². The summed E-state index contributed by atoms with van der Waals surface area (Å²) in [6.07, 6.45) is 5.11. The highest BCUT2D eigenvalue weighted by Gasteiger charge is 2.15. The Hall–Kier alpha value is -1.97. The van der Waals surface area contributed by atoms with Crippen molar-refractivity contribution < 1.29 is 9.53 Å². The van der Waals surface area contributed by atoms with Crippen LogP contribution in [0.5, 0.6) is 0 Å². The third kappa shape index (κ3) is 1.98. The first kappa shape index (κ1) is 11.5. The van der Waals surface area contributed by atoms with Gasteiger partial charge in [-0.25, -0.2) is 9.78 Å². The molecule has 17 heavy (non-hydrogen) atoms. The van der Waals surface area contributed by atoms with Gasteiger partial charge >= 0.3 is 5.97 Å². The summed E-state index contributed by atoms with van der Waals surface area (Å²) < 4.78 is 4.72. The molecule has 0 saturated carbocycles. The number of rotatable bonds is 2. The zero-order valence-corrected chi connectivity index (χ0v) is 10.1. The number of carbonyl (C=O) groups is 1. The Morgan fingerprint density at radius 3 is 2.71 bits per heavy atom. The van der Waals surface area contributed by atoms with E-state index in [1.54, 1.807) is 18.6 Å². The topological polar surface area (TPSA) is 52.1 Å². The molecule has 0 N–H and O–H groups in total. The van der Waals surface area contributed by atoms with Crippen molar-refractivity contribution in [2.75, 3.05) is 7.11 Å². The summed E-state index contributed by atoms with van der Waals surface area (Å²) in [5, 5.41) is 1.75. The minimum absolute atomic E-state index is 0.319. The van der Waals surface area contributed by atoms with Crippen molar-refractivity contribution in [1.82, 2.24) is 9.97 Å². The number of hydrogen-bond acceptors (Lipinski definition) is 4. The highest BCUT2D eigenvalue weighted by molar-refractivity contribution is 6.03. The second-order valence-electron chi connectivity index (χ2n) is 4.13. The van der Waals surface area contributed by atoms with Crippen LogP contribution in [0.25, 0.3) is 10.8 Å². The first-order valence-electron chi connectivity index (χ1n) is 5.46. The van der Waals surface area contributed by atoms with Crippen molar-refractivity contribution in [3.8, 4) is 0 Å². The lowest BCUT2D eigenvalue weighted by molar-refractivity contribution is 0.0596. The van der Waals surface area contributed by atoms with Crippen LogP contribution in [0, 0.1) is 0 Å². The van der Waals surface area contributed by atoms with Crippen LogP contribution in [-0.4, -0.2) is 23.0 Å². The molecule has 4 heteroatoms. The first-order valence-corrected chi connectivity index (χ1v) is 5.46. The number of ether oxygens (including phenoxy) is 1. The minimum Gasteiger partial charge on any atom is -0.464 e. The van der Waals surface area contributed by atoms with Crippen LogP contribution < -0.4 is 0 Å². The van der Waals surface area contributed by atoms with Gasteiger partial charge in [0.15, 0.2) is 5.69 Å². The van der Waals surface area contributed by atoms with Gasteiger partial charge in [0.2, 0.25) is 0 Å². The van der Waals surface area contributed by atoms with Gasteiger partial charge in [-0.1, -0.05) is 13.8 Å². The SMILES string of the molecule is COC(=O)c1ncc(C(C)C)c2ccncc12. The van der Waals surface area contributed by atoms with Gasteiger partial charge in [-0.2, -0.15) is 0 Å². The molecule has 0 radical (unpaired) electrons. The molecule has 0 aromatic carbocycles. The molecule has 0 saturated heterocycles. The van der Waals surface area contributed by atoms with Crippen molar-refractivity contribution in [3.63, 3.8) is 0 Å². The molecule has 2 heterocycles. The Labute approximate surface area is 99.7 Å². The number of carbonyl (C=O) groups excluding carboxylic acids is 1. The molecular formula is C13H14N2O2. The van der Waals surface area contributed by atoms with Gasteiger partial charge in [0.05, 0.1) is 7.11 Å². The van der Waals surface area contributed by atoms with Crippen LogP contribution in [0.15, 0.2) is 24.7 Å². The lowest BCUT2D eigenvalue weighted by Gasteiger charge is -2.11. The monoisotopic (exact) mass is 230 g/mol. The summed E-state index contributed by atoms with van der Waals surface area (Å²) in [5.74, 6) is -0.0857. The molecule has 2 aromatic heterocycles. The van der Waals surface area contributed by atoms with E-state index in [0.717, 1.165) is 16.3 Å². The Morgan fingerprint density at radius 2 is 2.06 bits per heavy atom. The van der Waals surface area contributed by atoms with Crippen molar-refractivity contribution in [2.24, 2.45) is 0 Å². The Kier molecular flexibility index (Phi) is 3.04. The van der Waals surface area contributed by atoms with E-state index in [9.17, 15) is 4.79 Å². The van der Waals surface area contributed by atoms with Crippen LogP contribution in [-0.2, 0) is 4.74 Å². The zero-order chi connectivity index (χ0) is 12.4. The number of pyridine rings is 2. The molecule has 2 rings (SSSR count). The molecule has 4 nitrogen and oxygen atoms in total. The second-order valence-corrected chi connectivity index (χ2v) is 4.13. The van der Waals surface area contributed by atoms with Crippen LogP contribution in [0.2, 0.25) is 0 Å². The number of methoxy groups -OCH3 is 1. The lowest BCUT2D eigenvalue weighted by Crippen LogP contribution is -2.06. The molecule has 0 unspecified atom stereocenters. The Bertz CT molecular complexity index is 564. The molecule has 0 aliphatic carbocycles. The van der Waals surface area contributed by atoms with E-state index in [4.69, 9.17) is 4.74 Å². The molecule has 0 spiro atoms. The predicted molar refractivity (Wildman–Crippen MR) is 65.0 cm³/mol. The quantitative estimate of drug-likeness (QED) is 0.744. The fourth-order valence-corrected chi connectivity index (χ4v) is 1.83. The summed E-state index contributed by atoms with van der Waals surface area (Å²) in [4.78, 5) is 19.8. The fraction of sp³-hybridized carbons (Fsp3) is 0.308. The fourth-order valence-electron chi connectivity index (χ4n) is 1.83. The summed E-state index contributed by atoms with van der Waals surface area (Å²) >= 11 is 0. The maximum Gasteiger partial charge on any atom is 0.357 e. The smallest absolute Gasteiger partial charge is 0.357 e. The van der Waals surface area contributed by atoms with Crippen molar-refractivity contribution in [3.05, 3.63) is 35.9 Å². The Balaban J connectivity index is 2.75. The van der Waals surface area contributed by atoms with Crippen LogP contribution >= 0.6 is 0 Å². The molecule has 88 valence electrons. The number of fused-ring (bicyclic) bond motifs is 1. The van der Waals surface area contributed by atoms with Gasteiger partial charge in [0, 0.05) is 24.0 Å². The van der Waals surface area contributed by atoms with Gasteiger partial charge in [-0.3, -0.25) is 4.98 Å². The first-order chi connectivity index (χ1) is 8.15. The van der Waals surface area contributed by atoms with E-state index < -0.39 is 5.97 Å². The van der Waals surface area contributed by atoms with Gasteiger partial charge in [0.25, 0.3) is 0 Å². The van der Waals surface area contributed by atoms with Gasteiger partial charge in [0.1, 0.15) is 0 Å². The molecule has 2 aromatic rings. The highest BCUT2D eigenvalue weighted by atomic mass is 16.5. The third-order valence-electron chi connectivity index (χ3n) is 2.72. The molecule has 0 bridgehead atoms. The van der Waals surface area contributed by atoms with Gasteiger partial charge < -0.3 is 4.74 Å². The van der Waals surface area contributed by atoms with E-state index in [1.807, 2.05) is 6.07 Å². The predicted octanol–water partition coefficient (Wildman–Crippen LogP) is 2.54. The second kappa shape index (κ2) is 4.49. The average Bonchev–Trinajstić information content (AvgIpc) is 2.36. The number of aromatic nitrogens is 2. The normalized spacial score (nSPS) is 10.8. The van der Waals surface area contributed by atoms with Gasteiger partial charge in [-0.05, 0) is 22.9 Å². The van der Waals surface area contributed by atoms with E-state index in [0.29, 0.717) is 11.6 Å². The van der Waals surface area contributed by atoms with E-state index in [1.165, 1.54) is 7.11 Å². The molecule has 0 aliphatic heterocycles. The van der Waals surface area contributed by atoms with Crippen molar-refractivity contribution in [2.45, 2.75) is 19.8 Å². The number of esters is 1. The average molecular weight is 230 g/mol. The zero-order valence-electron chi connectivity index (χ0n) is 10.1. The summed E-state index contributed by atoms with van der Waals surface area (Å²) in [6, 6.07) is 1.90. The van der Waals surface area contributed by atoms with Crippen LogP contribution in [0.1, 0.15) is 35.8 Å². The molecule has 0 aliphatic rings. The summed E-state index contributed by atoms with van der Waals surface area (Å²) in [7, 11) is 1.35. The summed E-state index contributed by atoms with van der Waals surface area (Å²) in [5.41, 5.74) is 1.43. The van der Waals surface area contributed by atoms with Gasteiger partial charge in [-0.15, -0.1) is 0 Å². The summed E-state index contributed by atoms with van der Waals surface area (Å²) in [6.45, 7) is 4.18. The minimum atomic E-state index is -0.432. The Morgan fingerprint density at radius 1 is 1.29 bits per heavy atom. The number of hydrogen-bond donors (Lipinski definition) is 0. The van der Waals surface area contributed by atoms with Crippen molar-refractivity contribution >= 4 is 16.7 Å². The highest BCUT2D eigenvalue weighted by Crippen LogP contribution is 2.25. The third-order valence-corrected chi connectivity index (χ3v) is 2.72. The molecular weight excluding hydrogens is 216 g/mol. The standard InChI is InChI=1S/C13H14N2O2/c1-8(2)10-7-15-12(13(16)17-3)11-6-14-5-4-9(10)11/h4-8H,1-3H3. The molecule has 0 atom stereocenters. The van der Waals surface area contributed by atoms with E-state index >= 15 is 0 Å². The van der Waals surface area contributed by atoms with E-state index in [-0.39, 0.29) is 0 Å². The van der Waals surface area contributed by atoms with Crippen LogP contribution in [0.3, 0.4) is 0 Å². The van der Waals surface area contributed by atoms with E-state index in [2.05, 4.69) is 23.8 Å². The molecule has 0 fully saturated rings.